The van der Waals surface area contributed by atoms with Gasteiger partial charge in [0, 0.05) is 18.1 Å². The van der Waals surface area contributed by atoms with Gasteiger partial charge in [-0.05, 0) is 30.7 Å². The molecule has 0 radical (unpaired) electrons. The van der Waals surface area contributed by atoms with Gasteiger partial charge in [-0.1, -0.05) is 12.1 Å². The fourth-order valence-electron chi connectivity index (χ4n) is 2.38. The minimum atomic E-state index is -0.344. The molecular weight excluding hydrogens is 254 g/mol. The highest BCUT2D eigenvalue weighted by molar-refractivity contribution is 6.21. The van der Waals surface area contributed by atoms with Crippen molar-refractivity contribution in [2.45, 2.75) is 13.0 Å². The first-order valence-corrected chi connectivity index (χ1v) is 6.27. The van der Waals surface area contributed by atoms with E-state index in [9.17, 15) is 9.59 Å². The van der Waals surface area contributed by atoms with E-state index in [4.69, 9.17) is 5.73 Å². The van der Waals surface area contributed by atoms with Crippen LogP contribution in [0.1, 0.15) is 39.2 Å². The number of fused-ring (bicyclic) bond motifs is 1. The molecule has 2 N–H and O–H groups in total. The number of imide groups is 1. The van der Waals surface area contributed by atoms with Crippen LogP contribution in [0.4, 0.5) is 5.69 Å². The number of anilines is 1. The van der Waals surface area contributed by atoms with Crippen molar-refractivity contribution in [1.82, 2.24) is 9.88 Å². The van der Waals surface area contributed by atoms with Crippen molar-refractivity contribution >= 4 is 17.5 Å². The molecule has 0 saturated heterocycles. The Hall–Kier alpha value is -2.69. The molecule has 2 amide bonds. The Morgan fingerprint density at radius 3 is 2.35 bits per heavy atom. The van der Waals surface area contributed by atoms with Gasteiger partial charge in [-0.2, -0.15) is 0 Å². The summed E-state index contributed by atoms with van der Waals surface area (Å²) in [5.74, 6) is -0.584. The topological polar surface area (TPSA) is 76.3 Å². The quantitative estimate of drug-likeness (QED) is 0.667. The summed E-state index contributed by atoms with van der Waals surface area (Å²) in [7, 11) is 0. The molecule has 0 aliphatic carbocycles. The number of aromatic nitrogens is 1. The molecule has 1 atom stereocenters. The number of nitrogens with zero attached hydrogens (tertiary/aromatic N) is 2. The first kappa shape index (κ1) is 12.3. The predicted molar refractivity (Wildman–Crippen MR) is 74.0 cm³/mol. The maximum Gasteiger partial charge on any atom is 0.263 e. The first-order valence-electron chi connectivity index (χ1n) is 6.27. The van der Waals surface area contributed by atoms with Gasteiger partial charge in [-0.3, -0.25) is 19.5 Å². The minimum absolute atomic E-state index is 0.281. The van der Waals surface area contributed by atoms with E-state index in [1.165, 1.54) is 17.3 Å². The second kappa shape index (κ2) is 4.45. The molecule has 3 rings (SSSR count). The zero-order chi connectivity index (χ0) is 14.3. The monoisotopic (exact) mass is 267 g/mol. The van der Waals surface area contributed by atoms with Crippen LogP contribution >= 0.6 is 0 Å². The number of nitrogen functional groups attached to an aromatic ring is 1. The van der Waals surface area contributed by atoms with E-state index < -0.39 is 0 Å². The fourth-order valence-corrected chi connectivity index (χ4v) is 2.38. The van der Waals surface area contributed by atoms with Gasteiger partial charge < -0.3 is 5.73 Å². The predicted octanol–water partition coefficient (Wildman–Crippen LogP) is 2.02. The van der Waals surface area contributed by atoms with Gasteiger partial charge in [-0.15, -0.1) is 0 Å². The van der Waals surface area contributed by atoms with Crippen LogP contribution < -0.4 is 5.73 Å². The number of rotatable bonds is 2. The molecular formula is C15H13N3O2. The van der Waals surface area contributed by atoms with Crippen molar-refractivity contribution in [3.8, 4) is 0 Å². The highest BCUT2D eigenvalue weighted by Crippen LogP contribution is 2.30. The van der Waals surface area contributed by atoms with Crippen LogP contribution in [0.25, 0.3) is 0 Å². The average molecular weight is 267 g/mol. The molecule has 0 saturated carbocycles. The number of pyridine rings is 1. The maximum atomic E-state index is 12.3. The van der Waals surface area contributed by atoms with Crippen LogP contribution in [0.5, 0.6) is 0 Å². The standard InChI is InChI=1S/C15H13N3O2/c1-9(10-2-4-11(16)5-3-10)18-14(19)12-6-7-17-8-13(12)15(18)20/h2-9H,16H2,1H3. The molecule has 1 aromatic carbocycles. The smallest absolute Gasteiger partial charge is 0.263 e. The van der Waals surface area contributed by atoms with E-state index >= 15 is 0 Å². The normalized spacial score (nSPS) is 15.3. The fraction of sp³-hybridized carbons (Fsp3) is 0.133. The summed E-state index contributed by atoms with van der Waals surface area (Å²) in [6, 6.07) is 8.38. The first-order chi connectivity index (χ1) is 9.59. The van der Waals surface area contributed by atoms with Crippen LogP contribution in [-0.2, 0) is 0 Å². The molecule has 0 spiro atoms. The number of hydrogen-bond donors (Lipinski definition) is 1. The van der Waals surface area contributed by atoms with Crippen molar-refractivity contribution in [1.29, 1.82) is 0 Å². The Bertz CT molecular complexity index is 660. The second-order valence-corrected chi connectivity index (χ2v) is 4.74. The third-order valence-corrected chi connectivity index (χ3v) is 3.53. The molecule has 1 aromatic heterocycles. The summed E-state index contributed by atoms with van der Waals surface area (Å²) in [5, 5.41) is 0. The van der Waals surface area contributed by atoms with Crippen molar-refractivity contribution in [3.05, 3.63) is 59.4 Å². The molecule has 20 heavy (non-hydrogen) atoms. The highest BCUT2D eigenvalue weighted by atomic mass is 16.2. The lowest BCUT2D eigenvalue weighted by Gasteiger charge is -2.22. The van der Waals surface area contributed by atoms with Gasteiger partial charge >= 0.3 is 0 Å². The summed E-state index contributed by atoms with van der Waals surface area (Å²) >= 11 is 0. The summed E-state index contributed by atoms with van der Waals surface area (Å²) in [5.41, 5.74) is 7.93. The van der Waals surface area contributed by atoms with Crippen molar-refractivity contribution < 1.29 is 9.59 Å². The number of carbonyl (C=O) groups excluding carboxylic acids is 2. The third kappa shape index (κ3) is 1.75. The molecule has 1 aliphatic heterocycles. The Morgan fingerprint density at radius 2 is 1.70 bits per heavy atom. The van der Waals surface area contributed by atoms with Crippen molar-refractivity contribution in [2.24, 2.45) is 0 Å². The molecule has 100 valence electrons. The van der Waals surface area contributed by atoms with Crippen LogP contribution in [0, 0.1) is 0 Å². The molecule has 0 bridgehead atoms. The summed E-state index contributed by atoms with van der Waals surface area (Å²) in [6.07, 6.45) is 2.95. The molecule has 0 fully saturated rings. The number of benzene rings is 1. The summed E-state index contributed by atoms with van der Waals surface area (Å²) < 4.78 is 0. The van der Waals surface area contributed by atoms with E-state index in [-0.39, 0.29) is 17.9 Å². The Morgan fingerprint density at radius 1 is 1.05 bits per heavy atom. The second-order valence-electron chi connectivity index (χ2n) is 4.74. The van der Waals surface area contributed by atoms with Gasteiger partial charge in [0.25, 0.3) is 11.8 Å². The van der Waals surface area contributed by atoms with Gasteiger partial charge in [0.05, 0.1) is 17.2 Å². The van der Waals surface area contributed by atoms with E-state index in [1.807, 2.05) is 19.1 Å². The van der Waals surface area contributed by atoms with Crippen molar-refractivity contribution in [3.63, 3.8) is 0 Å². The lowest BCUT2D eigenvalue weighted by molar-refractivity contribution is 0.0595. The summed E-state index contributed by atoms with van der Waals surface area (Å²) in [4.78, 5) is 29.8. The zero-order valence-electron chi connectivity index (χ0n) is 10.9. The number of carbonyl (C=O) groups is 2. The Labute approximate surface area is 116 Å². The number of hydrogen-bond acceptors (Lipinski definition) is 4. The van der Waals surface area contributed by atoms with E-state index in [2.05, 4.69) is 4.98 Å². The molecule has 1 unspecified atom stereocenters. The van der Waals surface area contributed by atoms with Gasteiger partial charge in [-0.25, -0.2) is 0 Å². The maximum absolute atomic E-state index is 12.3. The Kier molecular flexibility index (Phi) is 2.75. The van der Waals surface area contributed by atoms with Crippen LogP contribution in [0.3, 0.4) is 0 Å². The molecule has 1 aliphatic rings. The third-order valence-electron chi connectivity index (χ3n) is 3.53. The molecule has 5 heteroatoms. The molecule has 2 heterocycles. The van der Waals surface area contributed by atoms with Crippen LogP contribution in [-0.4, -0.2) is 21.7 Å². The lowest BCUT2D eigenvalue weighted by atomic mass is 10.1. The van der Waals surface area contributed by atoms with E-state index in [1.54, 1.807) is 18.2 Å². The van der Waals surface area contributed by atoms with E-state index in [0.717, 1.165) is 5.56 Å². The highest BCUT2D eigenvalue weighted by Gasteiger charge is 2.38. The van der Waals surface area contributed by atoms with Gasteiger partial charge in [0.1, 0.15) is 0 Å². The SMILES string of the molecule is CC(c1ccc(N)cc1)N1C(=O)c2ccncc2C1=O. The zero-order valence-corrected chi connectivity index (χ0v) is 10.9. The molecule has 5 nitrogen and oxygen atoms in total. The van der Waals surface area contributed by atoms with Gasteiger partial charge in [0.15, 0.2) is 0 Å². The summed E-state index contributed by atoms with van der Waals surface area (Å²) in [6.45, 7) is 1.82. The van der Waals surface area contributed by atoms with Crippen LogP contribution in [0.15, 0.2) is 42.7 Å². The van der Waals surface area contributed by atoms with Crippen molar-refractivity contribution in [2.75, 3.05) is 5.73 Å². The lowest BCUT2D eigenvalue weighted by Crippen LogP contribution is -2.32. The number of nitrogens with two attached hydrogens (primary N) is 1. The van der Waals surface area contributed by atoms with E-state index in [0.29, 0.717) is 16.8 Å². The minimum Gasteiger partial charge on any atom is -0.399 e. The van der Waals surface area contributed by atoms with Gasteiger partial charge in [0.2, 0.25) is 0 Å². The average Bonchev–Trinajstić information content (AvgIpc) is 2.72. The Balaban J connectivity index is 1.98. The number of amides is 2. The van der Waals surface area contributed by atoms with Crippen LogP contribution in [0.2, 0.25) is 0 Å². The molecule has 2 aromatic rings. The largest absolute Gasteiger partial charge is 0.399 e.